The van der Waals surface area contributed by atoms with Gasteiger partial charge in [0.15, 0.2) is 0 Å². The summed E-state index contributed by atoms with van der Waals surface area (Å²) >= 11 is 0. The summed E-state index contributed by atoms with van der Waals surface area (Å²) in [7, 11) is 4.39. The fraction of sp³-hybridized carbons (Fsp3) is 0.632. The Labute approximate surface area is 268 Å². The van der Waals surface area contributed by atoms with Crippen molar-refractivity contribution >= 4 is 12.4 Å². The fourth-order valence-corrected chi connectivity index (χ4v) is 6.09. The normalized spacial score (nSPS) is 18.6. The van der Waals surface area contributed by atoms with Crippen molar-refractivity contribution in [3.8, 4) is 11.5 Å². The Morgan fingerprint density at radius 3 is 1.32 bits per heavy atom. The molecule has 6 nitrogen and oxygen atoms in total. The topological polar surface area (TPSA) is 71.7 Å². The van der Waals surface area contributed by atoms with Crippen LogP contribution in [-0.2, 0) is 23.9 Å². The highest BCUT2D eigenvalue weighted by Crippen LogP contribution is 2.35. The number of nitrogens with zero attached hydrogens (tertiary/aromatic N) is 4. The van der Waals surface area contributed by atoms with Gasteiger partial charge in [0.25, 0.3) is 0 Å². The van der Waals surface area contributed by atoms with Crippen molar-refractivity contribution < 1.29 is 10.2 Å². The first-order chi connectivity index (χ1) is 20.4. The van der Waals surface area contributed by atoms with E-state index in [4.69, 9.17) is 0 Å². The minimum Gasteiger partial charge on any atom is -0.507 e. The molecule has 1 aliphatic rings. The number of hydrogen-bond acceptors (Lipinski definition) is 6. The standard InChI is InChI=1S/C38H60N4O2/c1-25(2)39-21-27-17-31(37(5,6)7)19-29(35(27)43)23-41(11)33-15-13-14-16-34(33)42(12)24-30-20-32(38(8,9)10)18-28(36(30)44)22-40-26(3)4/h17-22,25-26,33-34,43-44H,13-16,23-24H2,1-12H3. The van der Waals surface area contributed by atoms with Gasteiger partial charge in [-0.25, -0.2) is 0 Å². The molecule has 244 valence electrons. The molecule has 2 N–H and O–H groups in total. The zero-order valence-corrected chi connectivity index (χ0v) is 29.7. The van der Waals surface area contributed by atoms with Gasteiger partial charge in [0.1, 0.15) is 11.5 Å². The molecule has 2 atom stereocenters. The lowest BCUT2D eigenvalue weighted by atomic mass is 9.84. The second kappa shape index (κ2) is 14.6. The van der Waals surface area contributed by atoms with Gasteiger partial charge >= 0.3 is 0 Å². The lowest BCUT2D eigenvalue weighted by Crippen LogP contribution is -2.50. The molecule has 0 spiro atoms. The van der Waals surface area contributed by atoms with E-state index in [0.29, 0.717) is 36.7 Å². The number of likely N-dealkylation sites (N-methyl/N-ethyl adjacent to an activating group) is 2. The van der Waals surface area contributed by atoms with E-state index in [1.165, 1.54) is 24.0 Å². The summed E-state index contributed by atoms with van der Waals surface area (Å²) in [6.45, 7) is 22.8. The van der Waals surface area contributed by atoms with E-state index in [1.807, 2.05) is 12.4 Å². The molecule has 0 saturated heterocycles. The van der Waals surface area contributed by atoms with Crippen LogP contribution in [0.1, 0.15) is 128 Å². The molecule has 3 rings (SSSR count). The van der Waals surface area contributed by atoms with Crippen molar-refractivity contribution in [3.63, 3.8) is 0 Å². The van der Waals surface area contributed by atoms with E-state index in [0.717, 1.165) is 35.1 Å². The molecule has 0 aromatic heterocycles. The first-order valence-electron chi connectivity index (χ1n) is 16.6. The maximum atomic E-state index is 11.4. The highest BCUT2D eigenvalue weighted by molar-refractivity contribution is 5.85. The van der Waals surface area contributed by atoms with Gasteiger partial charge in [-0.05, 0) is 88.7 Å². The Hall–Kier alpha value is -2.70. The Morgan fingerprint density at radius 2 is 1.02 bits per heavy atom. The quantitative estimate of drug-likeness (QED) is 0.268. The second-order valence-corrected chi connectivity index (χ2v) is 15.6. The third kappa shape index (κ3) is 9.40. The van der Waals surface area contributed by atoms with Gasteiger partial charge in [-0.15, -0.1) is 0 Å². The maximum Gasteiger partial charge on any atom is 0.128 e. The Morgan fingerprint density at radius 1 is 0.682 bits per heavy atom. The van der Waals surface area contributed by atoms with Crippen molar-refractivity contribution in [2.75, 3.05) is 14.1 Å². The number of phenols is 2. The number of rotatable bonds is 10. The number of hydrogen-bond donors (Lipinski definition) is 2. The summed E-state index contributed by atoms with van der Waals surface area (Å²) in [4.78, 5) is 14.0. The first kappa shape index (κ1) is 35.8. The van der Waals surface area contributed by atoms with Crippen LogP contribution in [0.3, 0.4) is 0 Å². The summed E-state index contributed by atoms with van der Waals surface area (Å²) in [6.07, 6.45) is 8.25. The van der Waals surface area contributed by atoms with Crippen LogP contribution in [0.15, 0.2) is 34.3 Å². The molecule has 6 heteroatoms. The van der Waals surface area contributed by atoms with Gasteiger partial charge < -0.3 is 10.2 Å². The number of phenolic OH excluding ortho intramolecular Hbond substituents is 2. The van der Waals surface area contributed by atoms with Crippen molar-refractivity contribution in [1.82, 2.24) is 9.80 Å². The monoisotopic (exact) mass is 604 g/mol. The van der Waals surface area contributed by atoms with Crippen LogP contribution in [0.5, 0.6) is 11.5 Å². The third-order valence-corrected chi connectivity index (χ3v) is 8.86. The molecule has 44 heavy (non-hydrogen) atoms. The van der Waals surface area contributed by atoms with E-state index >= 15 is 0 Å². The number of aromatic hydroxyl groups is 2. The average Bonchev–Trinajstić information content (AvgIpc) is 2.92. The van der Waals surface area contributed by atoms with Gasteiger partial charge in [0.2, 0.25) is 0 Å². The zero-order chi connectivity index (χ0) is 33.0. The summed E-state index contributed by atoms with van der Waals surface area (Å²) in [6, 6.07) is 9.51. The largest absolute Gasteiger partial charge is 0.507 e. The average molecular weight is 605 g/mol. The molecule has 0 aliphatic heterocycles. The molecule has 1 aliphatic carbocycles. The van der Waals surface area contributed by atoms with Crippen LogP contribution >= 0.6 is 0 Å². The Bertz CT molecular complexity index is 1210. The van der Waals surface area contributed by atoms with Gasteiger partial charge in [-0.3, -0.25) is 19.8 Å². The molecule has 0 bridgehead atoms. The van der Waals surface area contributed by atoms with E-state index in [-0.39, 0.29) is 22.9 Å². The zero-order valence-electron chi connectivity index (χ0n) is 29.7. The molecular weight excluding hydrogens is 544 g/mol. The molecular formula is C38H60N4O2. The molecule has 0 heterocycles. The predicted molar refractivity (Wildman–Crippen MR) is 188 cm³/mol. The number of aliphatic imine (C=N–C) groups is 2. The molecule has 0 radical (unpaired) electrons. The second-order valence-electron chi connectivity index (χ2n) is 15.6. The summed E-state index contributed by atoms with van der Waals surface area (Å²) in [5, 5.41) is 22.7. The lowest BCUT2D eigenvalue weighted by Gasteiger charge is -2.43. The maximum absolute atomic E-state index is 11.4. The van der Waals surface area contributed by atoms with E-state index in [2.05, 4.69) is 127 Å². The van der Waals surface area contributed by atoms with Crippen LogP contribution in [0, 0.1) is 0 Å². The highest BCUT2D eigenvalue weighted by atomic mass is 16.3. The summed E-state index contributed by atoms with van der Waals surface area (Å²) in [5.41, 5.74) is 5.79. The van der Waals surface area contributed by atoms with Crippen LogP contribution < -0.4 is 0 Å². The van der Waals surface area contributed by atoms with Crippen LogP contribution in [0.4, 0.5) is 0 Å². The Kier molecular flexibility index (Phi) is 11.9. The first-order valence-corrected chi connectivity index (χ1v) is 16.6. The van der Waals surface area contributed by atoms with Crippen LogP contribution in [0.25, 0.3) is 0 Å². The van der Waals surface area contributed by atoms with Crippen LogP contribution in [0.2, 0.25) is 0 Å². The van der Waals surface area contributed by atoms with E-state index < -0.39 is 0 Å². The third-order valence-electron chi connectivity index (χ3n) is 8.86. The van der Waals surface area contributed by atoms with Gasteiger partial charge in [0.05, 0.1) is 0 Å². The van der Waals surface area contributed by atoms with E-state index in [1.54, 1.807) is 0 Å². The molecule has 1 saturated carbocycles. The summed E-state index contributed by atoms with van der Waals surface area (Å²) < 4.78 is 0. The fourth-order valence-electron chi connectivity index (χ4n) is 6.09. The molecule has 2 unspecified atom stereocenters. The van der Waals surface area contributed by atoms with Crippen molar-refractivity contribution in [1.29, 1.82) is 0 Å². The predicted octanol–water partition coefficient (Wildman–Crippen LogP) is 8.22. The molecule has 2 aromatic rings. The SMILES string of the molecule is CC(C)N=Cc1cc(C(C)(C)C)cc(CN(C)C2CCCCC2N(C)Cc2cc(C(C)(C)C)cc(C=NC(C)C)c2O)c1O. The lowest BCUT2D eigenvalue weighted by molar-refractivity contribution is 0.0684. The molecule has 0 amide bonds. The van der Waals surface area contributed by atoms with Crippen molar-refractivity contribution in [2.24, 2.45) is 9.98 Å². The summed E-state index contributed by atoms with van der Waals surface area (Å²) in [5.74, 6) is 0.656. The van der Waals surface area contributed by atoms with Crippen molar-refractivity contribution in [3.05, 3.63) is 57.6 Å². The van der Waals surface area contributed by atoms with Gasteiger partial charge in [0, 0.05) is 71.9 Å². The molecule has 2 aromatic carbocycles. The highest BCUT2D eigenvalue weighted by Gasteiger charge is 2.32. The smallest absolute Gasteiger partial charge is 0.128 e. The Balaban J connectivity index is 1.92. The van der Waals surface area contributed by atoms with E-state index in [9.17, 15) is 10.2 Å². The van der Waals surface area contributed by atoms with Crippen LogP contribution in [-0.4, -0.2) is 70.7 Å². The van der Waals surface area contributed by atoms with Gasteiger partial charge in [-0.1, -0.05) is 66.5 Å². The molecule has 1 fully saturated rings. The van der Waals surface area contributed by atoms with Gasteiger partial charge in [-0.2, -0.15) is 0 Å². The van der Waals surface area contributed by atoms with Crippen molar-refractivity contribution in [2.45, 2.75) is 143 Å². The minimum absolute atomic E-state index is 0.0443. The number of benzene rings is 2. The minimum atomic E-state index is -0.0443.